The van der Waals surface area contributed by atoms with Gasteiger partial charge in [0.05, 0.1) is 5.02 Å². The van der Waals surface area contributed by atoms with E-state index >= 15 is 0 Å². The van der Waals surface area contributed by atoms with Gasteiger partial charge in [0.15, 0.2) is 0 Å². The van der Waals surface area contributed by atoms with Crippen molar-refractivity contribution < 1.29 is 0 Å². The smallest absolute Gasteiger partial charge is 0.129 e. The number of hydrogen-bond donors (Lipinski definition) is 0. The number of hydrogen-bond acceptors (Lipinski definition) is 2. The van der Waals surface area contributed by atoms with E-state index in [1.807, 2.05) is 6.07 Å². The second-order valence-electron chi connectivity index (χ2n) is 4.31. The molecule has 0 spiro atoms. The van der Waals surface area contributed by atoms with Crippen LogP contribution < -0.4 is 4.90 Å². The van der Waals surface area contributed by atoms with Crippen LogP contribution in [0.4, 0.5) is 5.82 Å². The molecule has 2 heterocycles. The Labute approximate surface area is 107 Å². The largest absolute Gasteiger partial charge is 0.354 e. The van der Waals surface area contributed by atoms with Gasteiger partial charge in [0.1, 0.15) is 5.82 Å². The molecule has 1 unspecified atom stereocenters. The van der Waals surface area contributed by atoms with Crippen LogP contribution in [0.2, 0.25) is 5.02 Å². The minimum absolute atomic E-state index is 0.441. The highest BCUT2D eigenvalue weighted by Gasteiger charge is 2.20. The Bertz CT molecular complexity index is 368. The molecule has 0 amide bonds. The van der Waals surface area contributed by atoms with E-state index in [1.165, 1.54) is 19.3 Å². The van der Waals surface area contributed by atoms with Crippen LogP contribution in [-0.2, 0) is 5.88 Å². The molecule has 0 N–H and O–H groups in total. The van der Waals surface area contributed by atoms with E-state index in [1.54, 1.807) is 6.20 Å². The Morgan fingerprint density at radius 2 is 2.31 bits per heavy atom. The lowest BCUT2D eigenvalue weighted by molar-refractivity contribution is 0.481. The summed E-state index contributed by atoms with van der Waals surface area (Å²) < 4.78 is 0. The molecule has 1 aliphatic heterocycles. The Kier molecular flexibility index (Phi) is 3.93. The van der Waals surface area contributed by atoms with Gasteiger partial charge in [0.2, 0.25) is 0 Å². The predicted octanol–water partition coefficient (Wildman–Crippen LogP) is 3.85. The summed E-state index contributed by atoms with van der Waals surface area (Å²) in [6.45, 7) is 3.33. The van der Waals surface area contributed by atoms with Crippen molar-refractivity contribution in [1.29, 1.82) is 0 Å². The molecular weight excluding hydrogens is 243 g/mol. The Balaban J connectivity index is 2.25. The molecular formula is C12H16Cl2N2. The minimum Gasteiger partial charge on any atom is -0.354 e. The second kappa shape index (κ2) is 5.24. The van der Waals surface area contributed by atoms with Gasteiger partial charge in [-0.25, -0.2) is 4.98 Å². The summed E-state index contributed by atoms with van der Waals surface area (Å²) in [4.78, 5) is 6.74. The van der Waals surface area contributed by atoms with Crippen LogP contribution >= 0.6 is 23.2 Å². The minimum atomic E-state index is 0.441. The maximum absolute atomic E-state index is 6.01. The van der Waals surface area contributed by atoms with Crippen LogP contribution in [0.3, 0.4) is 0 Å². The molecule has 16 heavy (non-hydrogen) atoms. The van der Waals surface area contributed by atoms with Crippen LogP contribution in [-0.4, -0.2) is 17.6 Å². The number of rotatable bonds is 2. The van der Waals surface area contributed by atoms with Crippen LogP contribution in [0.15, 0.2) is 12.3 Å². The topological polar surface area (TPSA) is 16.1 Å². The number of pyridine rings is 1. The summed E-state index contributed by atoms with van der Waals surface area (Å²) >= 11 is 11.9. The molecule has 88 valence electrons. The average molecular weight is 259 g/mol. The van der Waals surface area contributed by atoms with Gasteiger partial charge in [0, 0.05) is 24.7 Å². The Morgan fingerprint density at radius 3 is 3.00 bits per heavy atom. The Hall–Kier alpha value is -0.470. The molecule has 0 radical (unpaired) electrons. The first-order valence-corrected chi connectivity index (χ1v) is 6.60. The van der Waals surface area contributed by atoms with Crippen molar-refractivity contribution in [3.05, 3.63) is 22.8 Å². The van der Waals surface area contributed by atoms with Crippen LogP contribution in [0.1, 0.15) is 31.7 Å². The van der Waals surface area contributed by atoms with Crippen LogP contribution in [0.5, 0.6) is 0 Å². The fourth-order valence-corrected chi connectivity index (χ4v) is 2.63. The molecule has 0 bridgehead atoms. The highest BCUT2D eigenvalue weighted by atomic mass is 35.5. The number of aromatic nitrogens is 1. The highest BCUT2D eigenvalue weighted by Crippen LogP contribution is 2.26. The quantitative estimate of drug-likeness (QED) is 0.750. The molecule has 0 aliphatic carbocycles. The lowest BCUT2D eigenvalue weighted by Gasteiger charge is -2.34. The zero-order chi connectivity index (χ0) is 11.5. The van der Waals surface area contributed by atoms with Crippen LogP contribution in [0.25, 0.3) is 0 Å². The fraction of sp³-hybridized carbons (Fsp3) is 0.583. The van der Waals surface area contributed by atoms with Crippen molar-refractivity contribution in [2.75, 3.05) is 11.4 Å². The van der Waals surface area contributed by atoms with Gasteiger partial charge in [-0.3, -0.25) is 0 Å². The van der Waals surface area contributed by atoms with E-state index < -0.39 is 0 Å². The van der Waals surface area contributed by atoms with E-state index in [-0.39, 0.29) is 0 Å². The molecule has 4 heteroatoms. The number of alkyl halides is 1. The zero-order valence-electron chi connectivity index (χ0n) is 9.42. The van der Waals surface area contributed by atoms with Gasteiger partial charge in [-0.05, 0) is 37.8 Å². The van der Waals surface area contributed by atoms with Gasteiger partial charge in [-0.15, -0.1) is 11.6 Å². The van der Waals surface area contributed by atoms with E-state index in [4.69, 9.17) is 23.2 Å². The molecule has 1 aromatic heterocycles. The third-order valence-corrected chi connectivity index (χ3v) is 3.79. The van der Waals surface area contributed by atoms with E-state index in [2.05, 4.69) is 16.8 Å². The maximum Gasteiger partial charge on any atom is 0.129 e. The van der Waals surface area contributed by atoms with Gasteiger partial charge in [0.25, 0.3) is 0 Å². The molecule has 0 aromatic carbocycles. The van der Waals surface area contributed by atoms with Gasteiger partial charge in [-0.1, -0.05) is 11.6 Å². The summed E-state index contributed by atoms with van der Waals surface area (Å²) in [5, 5.41) is 0.656. The summed E-state index contributed by atoms with van der Waals surface area (Å²) in [5.74, 6) is 1.45. The lowest BCUT2D eigenvalue weighted by atomic mass is 10.0. The molecule has 2 nitrogen and oxygen atoms in total. The normalized spacial score (nSPS) is 21.2. The number of anilines is 1. The summed E-state index contributed by atoms with van der Waals surface area (Å²) in [6.07, 6.45) is 5.49. The Morgan fingerprint density at radius 1 is 1.50 bits per heavy atom. The summed E-state index contributed by atoms with van der Waals surface area (Å²) in [7, 11) is 0. The van der Waals surface area contributed by atoms with Crippen molar-refractivity contribution in [3.8, 4) is 0 Å². The van der Waals surface area contributed by atoms with E-state index in [0.29, 0.717) is 16.9 Å². The molecule has 2 rings (SSSR count). The highest BCUT2D eigenvalue weighted by molar-refractivity contribution is 6.32. The van der Waals surface area contributed by atoms with Crippen molar-refractivity contribution in [1.82, 2.24) is 4.98 Å². The maximum atomic E-state index is 6.01. The molecule has 1 fully saturated rings. The average Bonchev–Trinajstić information content (AvgIpc) is 2.31. The first-order chi connectivity index (χ1) is 7.72. The third kappa shape index (κ3) is 2.44. The molecule has 1 aromatic rings. The molecule has 0 saturated carbocycles. The SMILES string of the molecule is CC1CCCCN1c1cc(CCl)c(Cl)cn1. The number of piperidine rings is 1. The lowest BCUT2D eigenvalue weighted by Crippen LogP contribution is -2.38. The van der Waals surface area contributed by atoms with Crippen LogP contribution in [0, 0.1) is 0 Å². The van der Waals surface area contributed by atoms with Crippen molar-refractivity contribution in [2.45, 2.75) is 38.1 Å². The van der Waals surface area contributed by atoms with Crippen molar-refractivity contribution >= 4 is 29.0 Å². The van der Waals surface area contributed by atoms with Gasteiger partial charge < -0.3 is 4.90 Å². The van der Waals surface area contributed by atoms with E-state index in [0.717, 1.165) is 17.9 Å². The number of nitrogens with zero attached hydrogens (tertiary/aromatic N) is 2. The fourth-order valence-electron chi connectivity index (χ4n) is 2.17. The monoisotopic (exact) mass is 258 g/mol. The summed E-state index contributed by atoms with van der Waals surface area (Å²) in [5.41, 5.74) is 0.964. The predicted molar refractivity (Wildman–Crippen MR) is 69.5 cm³/mol. The van der Waals surface area contributed by atoms with Crippen molar-refractivity contribution in [2.24, 2.45) is 0 Å². The van der Waals surface area contributed by atoms with Crippen molar-refractivity contribution in [3.63, 3.8) is 0 Å². The second-order valence-corrected chi connectivity index (χ2v) is 4.98. The van der Waals surface area contributed by atoms with E-state index in [9.17, 15) is 0 Å². The summed E-state index contributed by atoms with van der Waals surface area (Å²) in [6, 6.07) is 2.57. The molecule has 1 atom stereocenters. The first-order valence-electron chi connectivity index (χ1n) is 5.69. The number of halogens is 2. The van der Waals surface area contributed by atoms with Gasteiger partial charge in [-0.2, -0.15) is 0 Å². The first kappa shape index (κ1) is 12.0. The molecule has 1 saturated heterocycles. The standard InChI is InChI=1S/C12H16Cl2N2/c1-9-4-2-3-5-16(9)12-6-10(7-13)11(14)8-15-12/h6,8-9H,2-5,7H2,1H3. The van der Waals surface area contributed by atoms with Gasteiger partial charge >= 0.3 is 0 Å². The molecule has 1 aliphatic rings. The zero-order valence-corrected chi connectivity index (χ0v) is 10.9. The third-order valence-electron chi connectivity index (χ3n) is 3.16.